The lowest BCUT2D eigenvalue weighted by Crippen LogP contribution is -2.55. The number of nitrogens with zero attached hydrogens (tertiary/aromatic N) is 1. The van der Waals surface area contributed by atoms with Gasteiger partial charge in [0.25, 0.3) is 0 Å². The number of ketones is 2. The number of carbonyl (C=O) groups excluding carboxylic acids is 3. The second kappa shape index (κ2) is 7.03. The maximum Gasteiger partial charge on any atom is 0.315 e. The van der Waals surface area contributed by atoms with Gasteiger partial charge in [-0.05, 0) is 17.5 Å². The summed E-state index contributed by atoms with van der Waals surface area (Å²) in [5.74, 6) is -7.24. The highest BCUT2D eigenvalue weighted by molar-refractivity contribution is 6.26. The Labute approximate surface area is 161 Å². The minimum atomic E-state index is -1.58. The molecule has 6 nitrogen and oxygen atoms in total. The van der Waals surface area contributed by atoms with E-state index in [1.807, 2.05) is 60.7 Å². The largest absolute Gasteiger partial charge is 0.481 e. The summed E-state index contributed by atoms with van der Waals surface area (Å²) in [5, 5.41) is 9.47. The van der Waals surface area contributed by atoms with Gasteiger partial charge >= 0.3 is 5.97 Å². The number of piperidine rings is 1. The molecule has 0 unspecified atom stereocenters. The Hall–Kier alpha value is -3.28. The maximum absolute atomic E-state index is 13.1. The van der Waals surface area contributed by atoms with Crippen molar-refractivity contribution in [3.63, 3.8) is 0 Å². The summed E-state index contributed by atoms with van der Waals surface area (Å²) < 4.78 is 0. The van der Waals surface area contributed by atoms with E-state index in [-0.39, 0.29) is 6.54 Å². The number of carboxylic acid groups (broad SMARTS) is 1. The number of rotatable bonds is 5. The molecule has 1 heterocycles. The van der Waals surface area contributed by atoms with Crippen LogP contribution in [0.5, 0.6) is 0 Å². The fraction of sp³-hybridized carbons (Fsp3) is 0.273. The predicted molar refractivity (Wildman–Crippen MR) is 99.0 cm³/mol. The summed E-state index contributed by atoms with van der Waals surface area (Å²) in [6.45, 7) is 0.233. The van der Waals surface area contributed by atoms with Crippen molar-refractivity contribution in [2.45, 2.75) is 19.0 Å². The highest BCUT2D eigenvalue weighted by Gasteiger charge is 2.63. The van der Waals surface area contributed by atoms with Crippen LogP contribution in [0.4, 0.5) is 0 Å². The standard InChI is InChI=1S/C22H19NO5/c24-19-16-15(11-13-7-3-1-4-8-13)23(12-14-9-5-2-6-10-14)21(26)17(19)18(20(16)25)22(27)28/h1-10,15-18H,11-12H2,(H,27,28)/t15-,16-,17+,18+/m1/s1. The second-order valence-corrected chi connectivity index (χ2v) is 7.28. The number of benzene rings is 2. The van der Waals surface area contributed by atoms with E-state index < -0.39 is 47.2 Å². The Kier molecular flexibility index (Phi) is 4.55. The molecule has 2 bridgehead atoms. The third kappa shape index (κ3) is 2.91. The van der Waals surface area contributed by atoms with Crippen molar-refractivity contribution < 1.29 is 24.3 Å². The van der Waals surface area contributed by atoms with Crippen LogP contribution in [0.1, 0.15) is 11.1 Å². The van der Waals surface area contributed by atoms with Crippen molar-refractivity contribution in [1.29, 1.82) is 0 Å². The van der Waals surface area contributed by atoms with Crippen LogP contribution in [0.3, 0.4) is 0 Å². The number of carbonyl (C=O) groups is 4. The van der Waals surface area contributed by atoms with E-state index in [0.717, 1.165) is 11.1 Å². The fourth-order valence-electron chi connectivity index (χ4n) is 4.34. The normalized spacial score (nSPS) is 26.6. The minimum Gasteiger partial charge on any atom is -0.481 e. The van der Waals surface area contributed by atoms with Gasteiger partial charge in [-0.3, -0.25) is 19.2 Å². The van der Waals surface area contributed by atoms with E-state index in [4.69, 9.17) is 0 Å². The van der Waals surface area contributed by atoms with Gasteiger partial charge in [0.2, 0.25) is 5.91 Å². The zero-order chi connectivity index (χ0) is 19.8. The topological polar surface area (TPSA) is 91.7 Å². The fourth-order valence-corrected chi connectivity index (χ4v) is 4.34. The summed E-state index contributed by atoms with van der Waals surface area (Å²) in [5.41, 5.74) is 1.75. The monoisotopic (exact) mass is 377 g/mol. The molecule has 28 heavy (non-hydrogen) atoms. The Morgan fingerprint density at radius 3 is 1.96 bits per heavy atom. The number of aliphatic carboxylic acids is 1. The van der Waals surface area contributed by atoms with Crippen LogP contribution < -0.4 is 0 Å². The maximum atomic E-state index is 13.1. The average molecular weight is 377 g/mol. The molecule has 1 N–H and O–H groups in total. The van der Waals surface area contributed by atoms with Gasteiger partial charge in [-0.1, -0.05) is 60.7 Å². The molecular formula is C22H19NO5. The molecule has 0 spiro atoms. The highest BCUT2D eigenvalue weighted by atomic mass is 16.4. The molecule has 6 heteroatoms. The molecular weight excluding hydrogens is 358 g/mol. The summed E-state index contributed by atoms with van der Waals surface area (Å²) in [6, 6.07) is 17.9. The van der Waals surface area contributed by atoms with Crippen LogP contribution in [0.2, 0.25) is 0 Å². The van der Waals surface area contributed by atoms with E-state index in [0.29, 0.717) is 6.42 Å². The Morgan fingerprint density at radius 1 is 0.821 bits per heavy atom. The van der Waals surface area contributed by atoms with Crippen LogP contribution >= 0.6 is 0 Å². The summed E-state index contributed by atoms with van der Waals surface area (Å²) in [6.07, 6.45) is 0.320. The van der Waals surface area contributed by atoms with Crippen LogP contribution in [-0.4, -0.2) is 39.5 Å². The summed E-state index contributed by atoms with van der Waals surface area (Å²) in [4.78, 5) is 51.9. The molecule has 0 radical (unpaired) electrons. The highest BCUT2D eigenvalue weighted by Crippen LogP contribution is 2.42. The van der Waals surface area contributed by atoms with Crippen LogP contribution in [0.15, 0.2) is 60.7 Å². The van der Waals surface area contributed by atoms with E-state index in [1.54, 1.807) is 0 Å². The van der Waals surface area contributed by atoms with Crippen molar-refractivity contribution in [1.82, 2.24) is 4.90 Å². The molecule has 142 valence electrons. The first-order valence-corrected chi connectivity index (χ1v) is 9.17. The molecule has 1 aliphatic carbocycles. The van der Waals surface area contributed by atoms with Crippen molar-refractivity contribution in [2.24, 2.45) is 17.8 Å². The third-order valence-electron chi connectivity index (χ3n) is 5.64. The van der Waals surface area contributed by atoms with Crippen molar-refractivity contribution in [3.05, 3.63) is 71.8 Å². The summed E-state index contributed by atoms with van der Waals surface area (Å²) in [7, 11) is 0. The lowest BCUT2D eigenvalue weighted by Gasteiger charge is -2.38. The van der Waals surface area contributed by atoms with E-state index in [9.17, 15) is 24.3 Å². The van der Waals surface area contributed by atoms with Crippen molar-refractivity contribution >= 4 is 23.4 Å². The average Bonchev–Trinajstić information content (AvgIpc) is 2.91. The molecule has 2 fully saturated rings. The lowest BCUT2D eigenvalue weighted by molar-refractivity contribution is -0.156. The van der Waals surface area contributed by atoms with Gasteiger partial charge in [-0.2, -0.15) is 0 Å². The van der Waals surface area contributed by atoms with Crippen molar-refractivity contribution in [2.75, 3.05) is 0 Å². The second-order valence-electron chi connectivity index (χ2n) is 7.28. The molecule has 2 aromatic rings. The first-order valence-electron chi connectivity index (χ1n) is 9.17. The zero-order valence-corrected chi connectivity index (χ0v) is 15.0. The molecule has 4 rings (SSSR count). The number of fused-ring (bicyclic) bond motifs is 2. The molecule has 1 aliphatic heterocycles. The number of Topliss-reactive ketones (excluding diaryl/α,β-unsaturated/α-hetero) is 2. The number of hydrogen-bond acceptors (Lipinski definition) is 4. The number of likely N-dealkylation sites (tertiary alicyclic amines) is 1. The summed E-state index contributed by atoms with van der Waals surface area (Å²) >= 11 is 0. The molecule has 2 aliphatic rings. The van der Waals surface area contributed by atoms with E-state index >= 15 is 0 Å². The Bertz CT molecular complexity index is 940. The molecule has 1 saturated carbocycles. The Morgan fingerprint density at radius 2 is 1.39 bits per heavy atom. The predicted octanol–water partition coefficient (Wildman–Crippen LogP) is 1.73. The van der Waals surface area contributed by atoms with Gasteiger partial charge in [-0.15, -0.1) is 0 Å². The first-order chi connectivity index (χ1) is 13.5. The third-order valence-corrected chi connectivity index (χ3v) is 5.64. The number of hydrogen-bond donors (Lipinski definition) is 1. The van der Waals surface area contributed by atoms with Crippen LogP contribution in [0.25, 0.3) is 0 Å². The van der Waals surface area contributed by atoms with Crippen LogP contribution in [-0.2, 0) is 32.1 Å². The molecule has 4 atom stereocenters. The zero-order valence-electron chi connectivity index (χ0n) is 15.0. The van der Waals surface area contributed by atoms with Crippen molar-refractivity contribution in [3.8, 4) is 0 Å². The lowest BCUT2D eigenvalue weighted by atomic mass is 9.84. The molecule has 2 aromatic carbocycles. The first kappa shape index (κ1) is 18.1. The van der Waals surface area contributed by atoms with E-state index in [2.05, 4.69) is 0 Å². The van der Waals surface area contributed by atoms with Crippen LogP contribution in [0, 0.1) is 17.8 Å². The Balaban J connectivity index is 1.75. The van der Waals surface area contributed by atoms with Gasteiger partial charge in [0, 0.05) is 6.54 Å². The molecule has 1 saturated heterocycles. The molecule has 0 aromatic heterocycles. The van der Waals surface area contributed by atoms with Gasteiger partial charge in [0.1, 0.15) is 11.8 Å². The number of amides is 1. The smallest absolute Gasteiger partial charge is 0.315 e. The van der Waals surface area contributed by atoms with E-state index in [1.165, 1.54) is 4.90 Å². The SMILES string of the molecule is O=C(O)[C@@H]1C(=O)[C@H]2C(=O)[C@H]1C(=O)N(Cc1ccccc1)[C@@H]2Cc1ccccc1. The quantitative estimate of drug-likeness (QED) is 0.801. The van der Waals surface area contributed by atoms with Gasteiger partial charge < -0.3 is 10.0 Å². The van der Waals surface area contributed by atoms with Gasteiger partial charge in [0.05, 0.1) is 12.0 Å². The van der Waals surface area contributed by atoms with Gasteiger partial charge in [0.15, 0.2) is 11.6 Å². The van der Waals surface area contributed by atoms with Gasteiger partial charge in [-0.25, -0.2) is 0 Å². The number of carboxylic acids is 1. The molecule has 1 amide bonds. The minimum absolute atomic E-state index is 0.233.